The first-order valence-corrected chi connectivity index (χ1v) is 5.56. The van der Waals surface area contributed by atoms with Gasteiger partial charge in [-0.15, -0.1) is 10.2 Å². The second kappa shape index (κ2) is 5.30. The molecule has 5 nitrogen and oxygen atoms in total. The van der Waals surface area contributed by atoms with Crippen molar-refractivity contribution in [2.24, 2.45) is 0 Å². The molecule has 17 heavy (non-hydrogen) atoms. The van der Waals surface area contributed by atoms with Crippen molar-refractivity contribution >= 4 is 22.4 Å². The second-order valence-electron chi connectivity index (χ2n) is 3.10. The number of amides is 1. The number of hydrogen-bond acceptors (Lipinski definition) is 5. The molecule has 0 aromatic carbocycles. The van der Waals surface area contributed by atoms with Gasteiger partial charge in [0.25, 0.3) is 5.91 Å². The minimum Gasteiger partial charge on any atom is -0.363 e. The number of nitrogens with one attached hydrogen (secondary N) is 1. The van der Waals surface area contributed by atoms with E-state index in [2.05, 4.69) is 15.5 Å². The fraction of sp³-hybridized carbons (Fsp3) is 0.625. The number of anilines is 1. The summed E-state index contributed by atoms with van der Waals surface area (Å²) in [6.45, 7) is 0.160. The van der Waals surface area contributed by atoms with Crippen LogP contribution in [0.4, 0.5) is 18.3 Å². The lowest BCUT2D eigenvalue weighted by Gasteiger charge is -2.20. The first-order chi connectivity index (χ1) is 7.87. The van der Waals surface area contributed by atoms with Gasteiger partial charge < -0.3 is 10.2 Å². The number of halogens is 3. The van der Waals surface area contributed by atoms with Crippen molar-refractivity contribution in [1.29, 1.82) is 0 Å². The fourth-order valence-corrected chi connectivity index (χ4v) is 1.75. The Bertz CT molecular complexity index is 392. The highest BCUT2D eigenvalue weighted by Crippen LogP contribution is 2.20. The maximum absolute atomic E-state index is 12.2. The summed E-state index contributed by atoms with van der Waals surface area (Å²) in [5.74, 6) is -0.760. The Hall–Kier alpha value is -1.38. The molecule has 1 heterocycles. The van der Waals surface area contributed by atoms with Crippen LogP contribution in [0, 0.1) is 0 Å². The first-order valence-electron chi connectivity index (χ1n) is 4.74. The lowest BCUT2D eigenvalue weighted by atomic mass is 10.4. The highest BCUT2D eigenvalue weighted by Gasteiger charge is 2.33. The third kappa shape index (κ3) is 3.84. The van der Waals surface area contributed by atoms with Gasteiger partial charge in [-0.2, -0.15) is 13.2 Å². The van der Waals surface area contributed by atoms with Gasteiger partial charge in [0.15, 0.2) is 0 Å². The molecule has 0 atom stereocenters. The number of aromatic nitrogens is 2. The van der Waals surface area contributed by atoms with Gasteiger partial charge in [0.1, 0.15) is 6.54 Å². The standard InChI is InChI=1S/C8H11F3N4OS/c1-3-15(4-8(9,10)11)6(16)5-13-14-7(12-2)17-5/h3-4H2,1-2H3,(H,12,14). The minimum atomic E-state index is -4.41. The smallest absolute Gasteiger partial charge is 0.363 e. The average molecular weight is 268 g/mol. The SMILES string of the molecule is CCN(CC(F)(F)F)C(=O)c1nnc(NC)s1. The zero-order valence-corrected chi connectivity index (χ0v) is 10.0. The van der Waals surface area contributed by atoms with Crippen molar-refractivity contribution in [3.63, 3.8) is 0 Å². The normalized spacial score (nSPS) is 11.4. The largest absolute Gasteiger partial charge is 0.406 e. The van der Waals surface area contributed by atoms with Crippen LogP contribution in [0.3, 0.4) is 0 Å². The summed E-state index contributed by atoms with van der Waals surface area (Å²) in [5, 5.41) is 10.1. The molecule has 0 spiro atoms. The number of rotatable bonds is 4. The molecule has 9 heteroatoms. The number of hydrogen-bond donors (Lipinski definition) is 1. The van der Waals surface area contributed by atoms with Crippen LogP contribution in [0.5, 0.6) is 0 Å². The molecule has 1 aromatic rings. The summed E-state index contributed by atoms with van der Waals surface area (Å²) >= 11 is 0.919. The maximum atomic E-state index is 12.2. The van der Waals surface area contributed by atoms with E-state index in [0.29, 0.717) is 10.0 Å². The summed E-state index contributed by atoms with van der Waals surface area (Å²) in [7, 11) is 1.59. The third-order valence-corrected chi connectivity index (χ3v) is 2.79. The van der Waals surface area contributed by atoms with Gasteiger partial charge in [0.2, 0.25) is 10.1 Å². The predicted molar refractivity (Wildman–Crippen MR) is 57.1 cm³/mol. The summed E-state index contributed by atoms with van der Waals surface area (Å²) in [6.07, 6.45) is -4.41. The van der Waals surface area contributed by atoms with E-state index in [1.54, 1.807) is 7.05 Å². The Labute approximate surface area is 99.6 Å². The zero-order chi connectivity index (χ0) is 13.1. The van der Waals surface area contributed by atoms with Crippen molar-refractivity contribution in [3.05, 3.63) is 5.01 Å². The van der Waals surface area contributed by atoms with Crippen LogP contribution in [0.1, 0.15) is 16.7 Å². The van der Waals surface area contributed by atoms with Gasteiger partial charge in [0.05, 0.1) is 0 Å². The second-order valence-corrected chi connectivity index (χ2v) is 4.07. The highest BCUT2D eigenvalue weighted by atomic mass is 32.1. The van der Waals surface area contributed by atoms with E-state index < -0.39 is 18.6 Å². The van der Waals surface area contributed by atoms with E-state index >= 15 is 0 Å². The van der Waals surface area contributed by atoms with Crippen molar-refractivity contribution in [3.8, 4) is 0 Å². The van der Waals surface area contributed by atoms with E-state index in [1.165, 1.54) is 6.92 Å². The van der Waals surface area contributed by atoms with Gasteiger partial charge in [-0.1, -0.05) is 11.3 Å². The Kier molecular flexibility index (Phi) is 4.27. The first kappa shape index (κ1) is 13.7. The van der Waals surface area contributed by atoms with E-state index in [9.17, 15) is 18.0 Å². The van der Waals surface area contributed by atoms with E-state index in [0.717, 1.165) is 11.3 Å². The highest BCUT2D eigenvalue weighted by molar-refractivity contribution is 7.17. The van der Waals surface area contributed by atoms with Crippen molar-refractivity contribution < 1.29 is 18.0 Å². The van der Waals surface area contributed by atoms with E-state index in [1.807, 2.05) is 0 Å². The molecule has 0 bridgehead atoms. The van der Waals surface area contributed by atoms with Crippen LogP contribution >= 0.6 is 11.3 Å². The quantitative estimate of drug-likeness (QED) is 0.901. The molecular formula is C8H11F3N4OS. The predicted octanol–water partition coefficient (Wildman–Crippen LogP) is 1.60. The minimum absolute atomic E-state index is 0.0349. The average Bonchev–Trinajstić information content (AvgIpc) is 2.72. The number of nitrogens with zero attached hydrogens (tertiary/aromatic N) is 3. The van der Waals surface area contributed by atoms with Crippen LogP contribution in [0.25, 0.3) is 0 Å². The Morgan fingerprint density at radius 1 is 1.47 bits per heavy atom. The van der Waals surface area contributed by atoms with Crippen LogP contribution in [0.2, 0.25) is 0 Å². The molecule has 0 radical (unpaired) electrons. The molecule has 1 N–H and O–H groups in total. The van der Waals surface area contributed by atoms with Gasteiger partial charge in [-0.3, -0.25) is 4.79 Å². The van der Waals surface area contributed by atoms with E-state index in [4.69, 9.17) is 0 Å². The maximum Gasteiger partial charge on any atom is 0.406 e. The molecule has 0 unspecified atom stereocenters. The van der Waals surface area contributed by atoms with Gasteiger partial charge in [-0.25, -0.2) is 0 Å². The molecule has 96 valence electrons. The molecule has 1 amide bonds. The number of carbonyl (C=O) groups excluding carboxylic acids is 1. The lowest BCUT2D eigenvalue weighted by Crippen LogP contribution is -2.38. The molecule has 0 aliphatic carbocycles. The van der Waals surface area contributed by atoms with Gasteiger partial charge in [0, 0.05) is 13.6 Å². The Morgan fingerprint density at radius 3 is 2.53 bits per heavy atom. The van der Waals surface area contributed by atoms with E-state index in [-0.39, 0.29) is 11.6 Å². The van der Waals surface area contributed by atoms with Crippen LogP contribution in [-0.2, 0) is 0 Å². The number of alkyl halides is 3. The van der Waals surface area contributed by atoms with Crippen molar-refractivity contribution in [2.45, 2.75) is 13.1 Å². The van der Waals surface area contributed by atoms with Crippen LogP contribution in [-0.4, -0.2) is 47.3 Å². The molecule has 1 aromatic heterocycles. The molecule has 0 saturated carbocycles. The molecule has 0 fully saturated rings. The molecular weight excluding hydrogens is 257 g/mol. The van der Waals surface area contributed by atoms with Crippen molar-refractivity contribution in [2.75, 3.05) is 25.5 Å². The summed E-state index contributed by atoms with van der Waals surface area (Å²) in [5.41, 5.74) is 0. The zero-order valence-electron chi connectivity index (χ0n) is 9.21. The Morgan fingerprint density at radius 2 is 2.12 bits per heavy atom. The topological polar surface area (TPSA) is 58.1 Å². The van der Waals surface area contributed by atoms with Crippen LogP contribution in [0.15, 0.2) is 0 Å². The fourth-order valence-electron chi connectivity index (χ4n) is 1.09. The molecule has 0 saturated heterocycles. The third-order valence-electron chi connectivity index (χ3n) is 1.86. The monoisotopic (exact) mass is 268 g/mol. The van der Waals surface area contributed by atoms with Crippen LogP contribution < -0.4 is 5.32 Å². The van der Waals surface area contributed by atoms with Gasteiger partial charge >= 0.3 is 6.18 Å². The van der Waals surface area contributed by atoms with Crippen molar-refractivity contribution in [1.82, 2.24) is 15.1 Å². The summed E-state index contributed by atoms with van der Waals surface area (Å²) in [4.78, 5) is 12.4. The molecule has 1 rings (SSSR count). The molecule has 0 aliphatic heterocycles. The summed E-state index contributed by atoms with van der Waals surface area (Å²) < 4.78 is 36.6. The summed E-state index contributed by atoms with van der Waals surface area (Å²) in [6, 6.07) is 0. The Balaban J connectivity index is 2.79. The lowest BCUT2D eigenvalue weighted by molar-refractivity contribution is -0.140. The molecule has 0 aliphatic rings. The van der Waals surface area contributed by atoms with Gasteiger partial charge in [-0.05, 0) is 6.92 Å². The number of carbonyl (C=O) groups is 1.